The molecule has 7 nitrogen and oxygen atoms in total. The number of methoxy groups -OCH3 is 1. The van der Waals surface area contributed by atoms with Crippen LogP contribution in [0.1, 0.15) is 0 Å². The second-order valence-corrected chi connectivity index (χ2v) is 8.17. The first-order valence-corrected chi connectivity index (χ1v) is 11.0. The molecule has 1 amide bonds. The third-order valence-corrected chi connectivity index (χ3v) is 6.34. The highest BCUT2D eigenvalue weighted by Gasteiger charge is 2.22. The maximum atomic E-state index is 13.1. The van der Waals surface area contributed by atoms with E-state index in [1.165, 1.54) is 23.9 Å². The Kier molecular flexibility index (Phi) is 6.41. The van der Waals surface area contributed by atoms with Gasteiger partial charge in [-0.05, 0) is 48.5 Å². The summed E-state index contributed by atoms with van der Waals surface area (Å²) in [7, 11) is 3.53. The lowest BCUT2D eigenvalue weighted by Crippen LogP contribution is -2.49. The molecule has 31 heavy (non-hydrogen) atoms. The zero-order valence-corrected chi connectivity index (χ0v) is 18.3. The standard InChI is InChI=1S/C22H24FN5O2S/c1-26-21(16-3-9-19(30-2)10-4-16)24-25-22(26)31-15-20(29)28-13-11-27(12-14-28)18-7-5-17(23)6-8-18/h3-10H,11-15H2,1-2H3. The molecular formula is C22H24FN5O2S. The molecule has 1 aliphatic heterocycles. The van der Waals surface area contributed by atoms with Crippen molar-refractivity contribution in [2.45, 2.75) is 5.16 Å². The summed E-state index contributed by atoms with van der Waals surface area (Å²) in [4.78, 5) is 16.7. The van der Waals surface area contributed by atoms with E-state index in [0.717, 1.165) is 35.9 Å². The Balaban J connectivity index is 1.31. The number of anilines is 1. The number of piperazine rings is 1. The molecule has 0 aliphatic carbocycles. The van der Waals surface area contributed by atoms with Gasteiger partial charge in [-0.2, -0.15) is 0 Å². The van der Waals surface area contributed by atoms with Crippen LogP contribution in [-0.2, 0) is 11.8 Å². The number of amides is 1. The van der Waals surface area contributed by atoms with Gasteiger partial charge in [0.25, 0.3) is 0 Å². The number of benzene rings is 2. The molecule has 1 fully saturated rings. The van der Waals surface area contributed by atoms with E-state index in [0.29, 0.717) is 24.0 Å². The molecule has 2 aromatic carbocycles. The van der Waals surface area contributed by atoms with Gasteiger partial charge in [0.2, 0.25) is 5.91 Å². The van der Waals surface area contributed by atoms with Crippen molar-refractivity contribution in [1.29, 1.82) is 0 Å². The predicted molar refractivity (Wildman–Crippen MR) is 119 cm³/mol. The highest BCUT2D eigenvalue weighted by Crippen LogP contribution is 2.25. The predicted octanol–water partition coefficient (Wildman–Crippen LogP) is 3.07. The van der Waals surface area contributed by atoms with E-state index in [9.17, 15) is 9.18 Å². The topological polar surface area (TPSA) is 63.5 Å². The Hall–Kier alpha value is -3.07. The van der Waals surface area contributed by atoms with Gasteiger partial charge in [0, 0.05) is 44.5 Å². The molecule has 0 saturated carbocycles. The van der Waals surface area contributed by atoms with Gasteiger partial charge in [0.15, 0.2) is 11.0 Å². The normalized spacial score (nSPS) is 14.0. The van der Waals surface area contributed by atoms with Gasteiger partial charge >= 0.3 is 0 Å². The quantitative estimate of drug-likeness (QED) is 0.548. The number of rotatable bonds is 6. The fraction of sp³-hybridized carbons (Fsp3) is 0.318. The van der Waals surface area contributed by atoms with Gasteiger partial charge < -0.3 is 19.1 Å². The monoisotopic (exact) mass is 441 g/mol. The number of carbonyl (C=O) groups is 1. The molecule has 3 aromatic rings. The maximum absolute atomic E-state index is 13.1. The first kappa shape index (κ1) is 21.2. The summed E-state index contributed by atoms with van der Waals surface area (Å²) in [5.41, 5.74) is 1.92. The van der Waals surface area contributed by atoms with Crippen LogP contribution >= 0.6 is 11.8 Å². The first-order valence-electron chi connectivity index (χ1n) is 10.00. The van der Waals surface area contributed by atoms with Gasteiger partial charge in [0.05, 0.1) is 12.9 Å². The SMILES string of the molecule is COc1ccc(-c2nnc(SCC(=O)N3CCN(c4ccc(F)cc4)CC3)n2C)cc1. The summed E-state index contributed by atoms with van der Waals surface area (Å²) in [5, 5.41) is 9.22. The van der Waals surface area contributed by atoms with E-state index < -0.39 is 0 Å². The van der Waals surface area contributed by atoms with Crippen molar-refractivity contribution >= 4 is 23.4 Å². The molecule has 9 heteroatoms. The van der Waals surface area contributed by atoms with Crippen LogP contribution in [0.25, 0.3) is 11.4 Å². The fourth-order valence-electron chi connectivity index (χ4n) is 3.52. The summed E-state index contributed by atoms with van der Waals surface area (Å²) in [5.74, 6) is 1.67. The molecule has 0 bridgehead atoms. The Morgan fingerprint density at radius 2 is 1.71 bits per heavy atom. The Bertz CT molecular complexity index is 1030. The molecule has 0 N–H and O–H groups in total. The number of nitrogens with zero attached hydrogens (tertiary/aromatic N) is 5. The molecule has 1 aromatic heterocycles. The van der Waals surface area contributed by atoms with Gasteiger partial charge in [0.1, 0.15) is 11.6 Å². The summed E-state index contributed by atoms with van der Waals surface area (Å²) in [6, 6.07) is 14.1. The highest BCUT2D eigenvalue weighted by molar-refractivity contribution is 7.99. The van der Waals surface area contributed by atoms with Crippen LogP contribution in [0.3, 0.4) is 0 Å². The molecular weight excluding hydrogens is 417 g/mol. The maximum Gasteiger partial charge on any atom is 0.233 e. The Morgan fingerprint density at radius 3 is 2.35 bits per heavy atom. The van der Waals surface area contributed by atoms with E-state index in [1.807, 2.05) is 40.8 Å². The molecule has 1 aliphatic rings. The van der Waals surface area contributed by atoms with Crippen molar-refractivity contribution in [3.63, 3.8) is 0 Å². The van der Waals surface area contributed by atoms with Crippen LogP contribution in [0.15, 0.2) is 53.7 Å². The van der Waals surface area contributed by atoms with Crippen LogP contribution in [0.5, 0.6) is 5.75 Å². The largest absolute Gasteiger partial charge is 0.497 e. The number of carbonyl (C=O) groups excluding carboxylic acids is 1. The van der Waals surface area contributed by atoms with Crippen molar-refractivity contribution in [3.05, 3.63) is 54.3 Å². The number of thioether (sulfide) groups is 1. The molecule has 162 valence electrons. The molecule has 4 rings (SSSR count). The van der Waals surface area contributed by atoms with Crippen LogP contribution in [0.2, 0.25) is 0 Å². The average Bonchev–Trinajstić information content (AvgIpc) is 3.18. The lowest BCUT2D eigenvalue weighted by Gasteiger charge is -2.36. The number of hydrogen-bond donors (Lipinski definition) is 0. The van der Waals surface area contributed by atoms with E-state index in [4.69, 9.17) is 4.74 Å². The van der Waals surface area contributed by atoms with Gasteiger partial charge in [-0.3, -0.25) is 4.79 Å². The number of ether oxygens (including phenoxy) is 1. The summed E-state index contributed by atoms with van der Waals surface area (Å²) >= 11 is 1.39. The van der Waals surface area contributed by atoms with Crippen LogP contribution in [-0.4, -0.2) is 64.6 Å². The minimum absolute atomic E-state index is 0.0813. The third-order valence-electron chi connectivity index (χ3n) is 5.33. The number of aromatic nitrogens is 3. The summed E-state index contributed by atoms with van der Waals surface area (Å²) < 4.78 is 20.2. The van der Waals surface area contributed by atoms with E-state index in [1.54, 1.807) is 19.2 Å². The molecule has 0 spiro atoms. The van der Waals surface area contributed by atoms with Crippen LogP contribution in [0.4, 0.5) is 10.1 Å². The minimum Gasteiger partial charge on any atom is -0.497 e. The van der Waals surface area contributed by atoms with Crippen molar-refractivity contribution in [2.75, 3.05) is 43.9 Å². The van der Waals surface area contributed by atoms with Crippen molar-refractivity contribution in [2.24, 2.45) is 7.05 Å². The Labute approximate surface area is 184 Å². The Morgan fingerprint density at radius 1 is 1.03 bits per heavy atom. The van der Waals surface area contributed by atoms with Gasteiger partial charge in [-0.25, -0.2) is 4.39 Å². The molecule has 0 unspecified atom stereocenters. The molecule has 0 atom stereocenters. The smallest absolute Gasteiger partial charge is 0.233 e. The fourth-order valence-corrected chi connectivity index (χ4v) is 4.33. The van der Waals surface area contributed by atoms with Crippen molar-refractivity contribution < 1.29 is 13.9 Å². The number of halogens is 1. The highest BCUT2D eigenvalue weighted by atomic mass is 32.2. The molecule has 2 heterocycles. The zero-order chi connectivity index (χ0) is 21.8. The first-order chi connectivity index (χ1) is 15.0. The average molecular weight is 442 g/mol. The minimum atomic E-state index is -0.242. The third kappa shape index (κ3) is 4.82. The van der Waals surface area contributed by atoms with Crippen molar-refractivity contribution in [3.8, 4) is 17.1 Å². The van der Waals surface area contributed by atoms with E-state index >= 15 is 0 Å². The van der Waals surface area contributed by atoms with Gasteiger partial charge in [-0.1, -0.05) is 11.8 Å². The second kappa shape index (κ2) is 9.38. The molecule has 0 radical (unpaired) electrons. The lowest BCUT2D eigenvalue weighted by atomic mass is 10.2. The van der Waals surface area contributed by atoms with E-state index in [-0.39, 0.29) is 11.7 Å². The molecule has 1 saturated heterocycles. The second-order valence-electron chi connectivity index (χ2n) is 7.23. The van der Waals surface area contributed by atoms with Gasteiger partial charge in [-0.15, -0.1) is 10.2 Å². The number of hydrogen-bond acceptors (Lipinski definition) is 6. The van der Waals surface area contributed by atoms with E-state index in [2.05, 4.69) is 15.1 Å². The van der Waals surface area contributed by atoms with Crippen molar-refractivity contribution in [1.82, 2.24) is 19.7 Å². The summed E-state index contributed by atoms with van der Waals surface area (Å²) in [6.07, 6.45) is 0. The lowest BCUT2D eigenvalue weighted by molar-refractivity contribution is -0.128. The van der Waals surface area contributed by atoms with Crippen LogP contribution in [0, 0.1) is 5.82 Å². The summed E-state index contributed by atoms with van der Waals surface area (Å²) in [6.45, 7) is 2.75. The van der Waals surface area contributed by atoms with Crippen LogP contribution < -0.4 is 9.64 Å². The zero-order valence-electron chi connectivity index (χ0n) is 17.5.